The van der Waals surface area contributed by atoms with Crippen LogP contribution in [0.15, 0.2) is 79.0 Å². The zero-order valence-electron chi connectivity index (χ0n) is 19.1. The lowest BCUT2D eigenvalue weighted by molar-refractivity contribution is -0.125. The quantitative estimate of drug-likeness (QED) is 0.328. The van der Waals surface area contributed by atoms with Crippen molar-refractivity contribution in [2.24, 2.45) is 0 Å². The van der Waals surface area contributed by atoms with Gasteiger partial charge in [0.05, 0.1) is 6.61 Å². The maximum Gasteiger partial charge on any atom is 0.247 e. The fourth-order valence-electron chi connectivity index (χ4n) is 3.72. The number of fused-ring (bicyclic) bond motifs is 1. The molecular weight excluding hydrogens is 430 g/mol. The first-order valence-electron chi connectivity index (χ1n) is 11.2. The molecule has 0 bridgehead atoms. The van der Waals surface area contributed by atoms with E-state index in [2.05, 4.69) is 15.6 Å². The molecule has 4 rings (SSSR count). The number of ether oxygens (including phenoxy) is 2. The molecule has 0 aliphatic carbocycles. The predicted molar refractivity (Wildman–Crippen MR) is 132 cm³/mol. The Hall–Kier alpha value is -4.26. The van der Waals surface area contributed by atoms with E-state index in [-0.39, 0.29) is 11.8 Å². The van der Waals surface area contributed by atoms with Crippen LogP contribution < -0.4 is 20.1 Å². The topological polar surface area (TPSA) is 92.4 Å². The van der Waals surface area contributed by atoms with Crippen molar-refractivity contribution in [1.29, 1.82) is 0 Å². The number of aromatic nitrogens is 1. The summed E-state index contributed by atoms with van der Waals surface area (Å²) >= 11 is 0. The Morgan fingerprint density at radius 2 is 1.56 bits per heavy atom. The summed E-state index contributed by atoms with van der Waals surface area (Å²) in [4.78, 5) is 28.0. The van der Waals surface area contributed by atoms with Gasteiger partial charge in [0.15, 0.2) is 0 Å². The lowest BCUT2D eigenvalue weighted by atomic mass is 10.0. The summed E-state index contributed by atoms with van der Waals surface area (Å²) in [5.41, 5.74) is 2.56. The first kappa shape index (κ1) is 22.9. The highest BCUT2D eigenvalue weighted by Gasteiger charge is 2.21. The molecule has 1 atom stereocenters. The van der Waals surface area contributed by atoms with Crippen LogP contribution in [0.25, 0.3) is 10.9 Å². The fourth-order valence-corrected chi connectivity index (χ4v) is 3.72. The monoisotopic (exact) mass is 457 g/mol. The van der Waals surface area contributed by atoms with Gasteiger partial charge in [0, 0.05) is 36.1 Å². The average molecular weight is 458 g/mol. The molecule has 0 spiro atoms. The number of H-pyrrole nitrogens is 1. The normalized spacial score (nSPS) is 11.6. The van der Waals surface area contributed by atoms with E-state index in [0.29, 0.717) is 30.2 Å². The van der Waals surface area contributed by atoms with E-state index in [1.165, 1.54) is 6.92 Å². The van der Waals surface area contributed by atoms with Crippen molar-refractivity contribution >= 4 is 28.4 Å². The second kappa shape index (κ2) is 10.6. The predicted octanol–water partition coefficient (Wildman–Crippen LogP) is 5.04. The SMILES string of the molecule is CCOc1ccc(Oc2ccc(NC(=O)[C@H](Cc3c[nH]c4ccccc34)NC(C)=O)cc2)cc1. The van der Waals surface area contributed by atoms with Crippen molar-refractivity contribution in [3.8, 4) is 17.2 Å². The Kier molecular flexibility index (Phi) is 7.13. The van der Waals surface area contributed by atoms with Gasteiger partial charge in [-0.2, -0.15) is 0 Å². The molecule has 7 heteroatoms. The molecule has 0 fully saturated rings. The number of anilines is 1. The van der Waals surface area contributed by atoms with Crippen LogP contribution in [-0.4, -0.2) is 29.4 Å². The second-order valence-electron chi connectivity index (χ2n) is 7.84. The summed E-state index contributed by atoms with van der Waals surface area (Å²) < 4.78 is 11.3. The van der Waals surface area contributed by atoms with Gasteiger partial charge in [-0.05, 0) is 67.1 Å². The highest BCUT2D eigenvalue weighted by atomic mass is 16.5. The van der Waals surface area contributed by atoms with Crippen LogP contribution in [0.4, 0.5) is 5.69 Å². The second-order valence-corrected chi connectivity index (χ2v) is 7.84. The van der Waals surface area contributed by atoms with Gasteiger partial charge < -0.3 is 25.1 Å². The molecule has 2 amide bonds. The molecule has 34 heavy (non-hydrogen) atoms. The average Bonchev–Trinajstić information content (AvgIpc) is 3.24. The number of hydrogen-bond donors (Lipinski definition) is 3. The molecule has 3 aromatic carbocycles. The Labute approximate surface area is 198 Å². The van der Waals surface area contributed by atoms with Gasteiger partial charge in [0.2, 0.25) is 11.8 Å². The van der Waals surface area contributed by atoms with Crippen LogP contribution in [0.2, 0.25) is 0 Å². The zero-order valence-corrected chi connectivity index (χ0v) is 19.1. The van der Waals surface area contributed by atoms with Gasteiger partial charge in [-0.15, -0.1) is 0 Å². The molecule has 1 aromatic heterocycles. The van der Waals surface area contributed by atoms with Crippen molar-refractivity contribution < 1.29 is 19.1 Å². The van der Waals surface area contributed by atoms with Gasteiger partial charge in [0.1, 0.15) is 23.3 Å². The first-order valence-corrected chi connectivity index (χ1v) is 11.2. The van der Waals surface area contributed by atoms with E-state index >= 15 is 0 Å². The third kappa shape index (κ3) is 5.75. The number of aromatic amines is 1. The molecule has 0 unspecified atom stereocenters. The molecule has 0 saturated carbocycles. The van der Waals surface area contributed by atoms with E-state index in [1.54, 1.807) is 24.3 Å². The van der Waals surface area contributed by atoms with Crippen molar-refractivity contribution in [3.63, 3.8) is 0 Å². The number of benzene rings is 3. The van der Waals surface area contributed by atoms with Crippen LogP contribution in [0.3, 0.4) is 0 Å². The number of nitrogens with one attached hydrogen (secondary N) is 3. The van der Waals surface area contributed by atoms with Crippen LogP contribution in [0.5, 0.6) is 17.2 Å². The number of hydrogen-bond acceptors (Lipinski definition) is 4. The summed E-state index contributed by atoms with van der Waals surface area (Å²) in [6.45, 7) is 3.95. The highest BCUT2D eigenvalue weighted by molar-refractivity contribution is 5.97. The number of para-hydroxylation sites is 1. The van der Waals surface area contributed by atoms with Crippen LogP contribution in [0, 0.1) is 0 Å². The van der Waals surface area contributed by atoms with Crippen LogP contribution in [-0.2, 0) is 16.0 Å². The summed E-state index contributed by atoms with van der Waals surface area (Å²) in [6, 6.07) is 21.6. The van der Waals surface area contributed by atoms with E-state index < -0.39 is 6.04 Å². The molecule has 0 radical (unpaired) electrons. The number of carbonyl (C=O) groups excluding carboxylic acids is 2. The molecule has 4 aromatic rings. The molecule has 3 N–H and O–H groups in total. The maximum absolute atomic E-state index is 13.0. The summed E-state index contributed by atoms with van der Waals surface area (Å²) in [7, 11) is 0. The fraction of sp³-hybridized carbons (Fsp3) is 0.185. The molecule has 1 heterocycles. The summed E-state index contributed by atoms with van der Waals surface area (Å²) in [5, 5.41) is 6.67. The van der Waals surface area contributed by atoms with Gasteiger partial charge in [-0.3, -0.25) is 9.59 Å². The third-order valence-electron chi connectivity index (χ3n) is 5.29. The van der Waals surface area contributed by atoms with Crippen LogP contribution >= 0.6 is 0 Å². The Bertz CT molecular complexity index is 1260. The van der Waals surface area contributed by atoms with Crippen molar-refractivity contribution in [2.75, 3.05) is 11.9 Å². The summed E-state index contributed by atoms with van der Waals surface area (Å²) in [5.74, 6) is 1.55. The molecule has 174 valence electrons. The minimum Gasteiger partial charge on any atom is -0.494 e. The first-order chi connectivity index (χ1) is 16.5. The van der Waals surface area contributed by atoms with E-state index in [4.69, 9.17) is 9.47 Å². The molecule has 0 aliphatic heterocycles. The van der Waals surface area contributed by atoms with Gasteiger partial charge in [-0.25, -0.2) is 0 Å². The van der Waals surface area contributed by atoms with E-state index in [1.807, 2.05) is 61.7 Å². The highest BCUT2D eigenvalue weighted by Crippen LogP contribution is 2.25. The lowest BCUT2D eigenvalue weighted by Crippen LogP contribution is -2.44. The lowest BCUT2D eigenvalue weighted by Gasteiger charge is -2.17. The van der Waals surface area contributed by atoms with Gasteiger partial charge in [-0.1, -0.05) is 18.2 Å². The molecule has 0 aliphatic rings. The zero-order chi connectivity index (χ0) is 23.9. The number of carbonyl (C=O) groups is 2. The summed E-state index contributed by atoms with van der Waals surface area (Å²) in [6.07, 6.45) is 2.24. The largest absolute Gasteiger partial charge is 0.494 e. The van der Waals surface area contributed by atoms with Crippen molar-refractivity contribution in [2.45, 2.75) is 26.3 Å². The smallest absolute Gasteiger partial charge is 0.247 e. The van der Waals surface area contributed by atoms with Crippen LogP contribution in [0.1, 0.15) is 19.4 Å². The van der Waals surface area contributed by atoms with Gasteiger partial charge in [0.25, 0.3) is 0 Å². The third-order valence-corrected chi connectivity index (χ3v) is 5.29. The number of amides is 2. The minimum absolute atomic E-state index is 0.265. The van der Waals surface area contributed by atoms with Crippen molar-refractivity contribution in [3.05, 3.63) is 84.6 Å². The van der Waals surface area contributed by atoms with Crippen molar-refractivity contribution in [1.82, 2.24) is 10.3 Å². The Balaban J connectivity index is 1.41. The van der Waals surface area contributed by atoms with E-state index in [0.717, 1.165) is 22.2 Å². The minimum atomic E-state index is -0.712. The number of rotatable bonds is 9. The Morgan fingerprint density at radius 1 is 0.912 bits per heavy atom. The standard InChI is InChI=1S/C27H27N3O4/c1-3-33-21-12-14-23(15-13-21)34-22-10-8-20(9-11-22)30-27(32)26(29-18(2)31)16-19-17-28-25-7-5-4-6-24(19)25/h4-15,17,26,28H,3,16H2,1-2H3,(H,29,31)(H,30,32)/t26-/m0/s1. The molecule has 0 saturated heterocycles. The molecule has 7 nitrogen and oxygen atoms in total. The van der Waals surface area contributed by atoms with Gasteiger partial charge >= 0.3 is 0 Å². The van der Waals surface area contributed by atoms with E-state index in [9.17, 15) is 9.59 Å². The molecular formula is C27H27N3O4. The maximum atomic E-state index is 13.0. The Morgan fingerprint density at radius 3 is 2.24 bits per heavy atom.